The number of hydrogen-bond donors (Lipinski definition) is 3. The predicted octanol–water partition coefficient (Wildman–Crippen LogP) is 1.71. The zero-order chi connectivity index (χ0) is 13.6. The van der Waals surface area contributed by atoms with Crippen molar-refractivity contribution in [2.45, 2.75) is 38.6 Å². The number of hydrogen-bond acceptors (Lipinski definition) is 4. The lowest BCUT2D eigenvalue weighted by Gasteiger charge is -2.24. The zero-order valence-electron chi connectivity index (χ0n) is 10.6. The van der Waals surface area contributed by atoms with E-state index in [9.17, 15) is 4.79 Å². The lowest BCUT2D eigenvalue weighted by atomic mass is 10.0. The van der Waals surface area contributed by atoms with Crippen molar-refractivity contribution in [3.63, 3.8) is 0 Å². The summed E-state index contributed by atoms with van der Waals surface area (Å²) in [5.74, 6) is -0.0998. The normalized spacial score (nSPS) is 12.4. The van der Waals surface area contributed by atoms with Gasteiger partial charge in [0.15, 0.2) is 5.84 Å². The number of thiophene rings is 1. The molecule has 0 saturated carbocycles. The second-order valence-electron chi connectivity index (χ2n) is 4.59. The van der Waals surface area contributed by atoms with Crippen molar-refractivity contribution in [3.8, 4) is 0 Å². The standard InChI is InChI=1S/C12H19N3O2S/c1-12(2,11(13)15-17)14-10(16)7-3-5-9-6-4-8-18-9/h4,6,8,17H,3,5,7H2,1-2H3,(H2,13,15)(H,14,16). The van der Waals surface area contributed by atoms with Crippen LogP contribution in [-0.4, -0.2) is 22.5 Å². The van der Waals surface area contributed by atoms with E-state index >= 15 is 0 Å². The fourth-order valence-corrected chi connectivity index (χ4v) is 2.23. The third-order valence-corrected chi connectivity index (χ3v) is 3.54. The van der Waals surface area contributed by atoms with Crippen molar-refractivity contribution in [2.24, 2.45) is 10.9 Å². The number of nitrogens with zero attached hydrogens (tertiary/aromatic N) is 1. The largest absolute Gasteiger partial charge is 0.409 e. The van der Waals surface area contributed by atoms with Gasteiger partial charge in [0, 0.05) is 11.3 Å². The zero-order valence-corrected chi connectivity index (χ0v) is 11.5. The van der Waals surface area contributed by atoms with Crippen LogP contribution in [0.3, 0.4) is 0 Å². The second-order valence-corrected chi connectivity index (χ2v) is 5.62. The Labute approximate surface area is 111 Å². The molecule has 0 aliphatic rings. The highest BCUT2D eigenvalue weighted by Crippen LogP contribution is 2.12. The quantitative estimate of drug-likeness (QED) is 0.318. The topological polar surface area (TPSA) is 87.7 Å². The van der Waals surface area contributed by atoms with Gasteiger partial charge in [0.2, 0.25) is 5.91 Å². The molecule has 1 aromatic rings. The number of aryl methyl sites for hydroxylation is 1. The van der Waals surface area contributed by atoms with Gasteiger partial charge in [-0.05, 0) is 38.1 Å². The molecule has 0 bridgehead atoms. The summed E-state index contributed by atoms with van der Waals surface area (Å²) in [6.45, 7) is 3.39. The summed E-state index contributed by atoms with van der Waals surface area (Å²) in [4.78, 5) is 13.0. The van der Waals surface area contributed by atoms with Gasteiger partial charge < -0.3 is 16.3 Å². The Bertz CT molecular complexity index is 413. The maximum atomic E-state index is 11.7. The maximum absolute atomic E-state index is 11.7. The van der Waals surface area contributed by atoms with Crippen molar-refractivity contribution >= 4 is 23.1 Å². The number of carbonyl (C=O) groups is 1. The summed E-state index contributed by atoms with van der Waals surface area (Å²) in [6.07, 6.45) is 2.12. The highest BCUT2D eigenvalue weighted by atomic mass is 32.1. The van der Waals surface area contributed by atoms with E-state index in [1.54, 1.807) is 25.2 Å². The minimum atomic E-state index is -0.825. The number of oxime groups is 1. The van der Waals surface area contributed by atoms with E-state index in [1.165, 1.54) is 4.88 Å². The number of amides is 1. The monoisotopic (exact) mass is 269 g/mol. The van der Waals surface area contributed by atoms with Crippen molar-refractivity contribution in [3.05, 3.63) is 22.4 Å². The molecule has 1 rings (SSSR count). The Kier molecular flexibility index (Phi) is 5.15. The third kappa shape index (κ3) is 4.37. The van der Waals surface area contributed by atoms with Crippen LogP contribution in [0, 0.1) is 0 Å². The predicted molar refractivity (Wildman–Crippen MR) is 72.9 cm³/mol. The molecule has 4 N–H and O–H groups in total. The van der Waals surface area contributed by atoms with Crippen molar-refractivity contribution in [1.29, 1.82) is 0 Å². The van der Waals surface area contributed by atoms with Gasteiger partial charge in [-0.1, -0.05) is 11.2 Å². The first-order valence-electron chi connectivity index (χ1n) is 5.77. The maximum Gasteiger partial charge on any atom is 0.220 e. The van der Waals surface area contributed by atoms with Gasteiger partial charge in [0.25, 0.3) is 0 Å². The smallest absolute Gasteiger partial charge is 0.220 e. The summed E-state index contributed by atoms with van der Waals surface area (Å²) in [5.41, 5.74) is 4.67. The first-order valence-corrected chi connectivity index (χ1v) is 6.65. The number of rotatable bonds is 6. The summed E-state index contributed by atoms with van der Waals surface area (Å²) in [6, 6.07) is 4.06. The Hall–Kier alpha value is -1.56. The molecule has 0 fully saturated rings. The number of nitrogens with one attached hydrogen (secondary N) is 1. The summed E-state index contributed by atoms with van der Waals surface area (Å²) < 4.78 is 0. The van der Waals surface area contributed by atoms with E-state index in [0.717, 1.165) is 12.8 Å². The van der Waals surface area contributed by atoms with E-state index in [2.05, 4.69) is 16.5 Å². The fourth-order valence-electron chi connectivity index (χ4n) is 1.48. The van der Waals surface area contributed by atoms with E-state index in [1.807, 2.05) is 11.4 Å². The highest BCUT2D eigenvalue weighted by molar-refractivity contribution is 7.09. The number of amidine groups is 1. The molecule has 0 spiro atoms. The van der Waals surface area contributed by atoms with Gasteiger partial charge in [-0.15, -0.1) is 11.3 Å². The molecule has 0 aliphatic carbocycles. The minimum absolute atomic E-state index is 0.00546. The molecule has 0 aromatic carbocycles. The molecule has 1 heterocycles. The molecule has 0 atom stereocenters. The van der Waals surface area contributed by atoms with Crippen molar-refractivity contribution in [1.82, 2.24) is 5.32 Å². The summed E-state index contributed by atoms with van der Waals surface area (Å²) in [5, 5.41) is 16.3. The Balaban J connectivity index is 2.33. The molecule has 6 heteroatoms. The van der Waals surface area contributed by atoms with Crippen LogP contribution < -0.4 is 11.1 Å². The minimum Gasteiger partial charge on any atom is -0.409 e. The summed E-state index contributed by atoms with van der Waals surface area (Å²) >= 11 is 1.69. The Morgan fingerprint density at radius 3 is 2.89 bits per heavy atom. The molecule has 0 unspecified atom stereocenters. The van der Waals surface area contributed by atoms with Crippen molar-refractivity contribution < 1.29 is 10.0 Å². The lowest BCUT2D eigenvalue weighted by Crippen LogP contribution is -2.53. The molecular formula is C12H19N3O2S. The molecule has 0 aliphatic heterocycles. The van der Waals surface area contributed by atoms with E-state index in [-0.39, 0.29) is 11.7 Å². The first-order chi connectivity index (χ1) is 8.45. The van der Waals surface area contributed by atoms with Gasteiger partial charge >= 0.3 is 0 Å². The van der Waals surface area contributed by atoms with E-state index in [4.69, 9.17) is 10.9 Å². The number of carbonyl (C=O) groups excluding carboxylic acids is 1. The van der Waals surface area contributed by atoms with Crippen LogP contribution in [0.15, 0.2) is 22.7 Å². The van der Waals surface area contributed by atoms with Crippen LogP contribution in [0.5, 0.6) is 0 Å². The van der Waals surface area contributed by atoms with Crippen LogP contribution in [0.25, 0.3) is 0 Å². The van der Waals surface area contributed by atoms with E-state index < -0.39 is 5.54 Å². The average molecular weight is 269 g/mol. The highest BCUT2D eigenvalue weighted by Gasteiger charge is 2.25. The first kappa shape index (κ1) is 14.5. The Morgan fingerprint density at radius 2 is 2.33 bits per heavy atom. The van der Waals surface area contributed by atoms with Gasteiger partial charge in [-0.3, -0.25) is 4.79 Å². The van der Waals surface area contributed by atoms with Crippen LogP contribution in [0.2, 0.25) is 0 Å². The molecule has 0 saturated heterocycles. The number of nitrogens with two attached hydrogens (primary N) is 1. The van der Waals surface area contributed by atoms with Gasteiger partial charge in [0.1, 0.15) is 0 Å². The van der Waals surface area contributed by atoms with Gasteiger partial charge in [-0.2, -0.15) is 0 Å². The third-order valence-electron chi connectivity index (χ3n) is 2.61. The Morgan fingerprint density at radius 1 is 1.61 bits per heavy atom. The van der Waals surface area contributed by atoms with Crippen molar-refractivity contribution in [2.75, 3.05) is 0 Å². The van der Waals surface area contributed by atoms with Crippen LogP contribution in [0.4, 0.5) is 0 Å². The lowest BCUT2D eigenvalue weighted by molar-refractivity contribution is -0.122. The second kappa shape index (κ2) is 6.39. The van der Waals surface area contributed by atoms with Gasteiger partial charge in [0.05, 0.1) is 5.54 Å². The molecule has 5 nitrogen and oxygen atoms in total. The van der Waals surface area contributed by atoms with Crippen LogP contribution in [0.1, 0.15) is 31.6 Å². The average Bonchev–Trinajstić information content (AvgIpc) is 2.80. The van der Waals surface area contributed by atoms with Crippen LogP contribution in [-0.2, 0) is 11.2 Å². The van der Waals surface area contributed by atoms with Gasteiger partial charge in [-0.25, -0.2) is 0 Å². The molecule has 0 radical (unpaired) electrons. The molecule has 1 aromatic heterocycles. The fraction of sp³-hybridized carbons (Fsp3) is 0.500. The molecule has 18 heavy (non-hydrogen) atoms. The molecule has 100 valence electrons. The SMILES string of the molecule is CC(C)(NC(=O)CCCc1cccs1)/C(N)=N/O. The van der Waals surface area contributed by atoms with Crippen LogP contribution >= 0.6 is 11.3 Å². The molecular weight excluding hydrogens is 250 g/mol. The van der Waals surface area contributed by atoms with E-state index in [0.29, 0.717) is 6.42 Å². The molecule has 1 amide bonds. The summed E-state index contributed by atoms with van der Waals surface area (Å²) in [7, 11) is 0.